The summed E-state index contributed by atoms with van der Waals surface area (Å²) in [7, 11) is 0. The van der Waals surface area contributed by atoms with Gasteiger partial charge in [-0.15, -0.1) is 0 Å². The molecule has 50 valence electrons. The molecule has 0 aliphatic carbocycles. The van der Waals surface area contributed by atoms with Gasteiger partial charge in [0.15, 0.2) is 0 Å². The Morgan fingerprint density at radius 2 is 2.30 bits per heavy atom. The molecule has 0 spiro atoms. The van der Waals surface area contributed by atoms with E-state index in [0.717, 1.165) is 10.9 Å². The molecule has 4 nitrogen and oxygen atoms in total. The van der Waals surface area contributed by atoms with E-state index in [2.05, 4.69) is 10.1 Å². The third-order valence-corrected chi connectivity index (χ3v) is 1.40. The summed E-state index contributed by atoms with van der Waals surface area (Å²) in [5, 5.41) is 4.86. The second kappa shape index (κ2) is 1.70. The zero-order valence-corrected chi connectivity index (χ0v) is 5.23. The summed E-state index contributed by atoms with van der Waals surface area (Å²) >= 11 is 0. The molecule has 0 saturated heterocycles. The molecule has 2 N–H and O–H groups in total. The molecule has 0 aliphatic rings. The molecule has 2 heterocycles. The highest BCUT2D eigenvalue weighted by atomic mass is 15.5. The lowest BCUT2D eigenvalue weighted by atomic mass is 10.3. The van der Waals surface area contributed by atoms with Crippen LogP contribution in [-0.2, 0) is 0 Å². The Morgan fingerprint density at radius 1 is 1.40 bits per heavy atom. The van der Waals surface area contributed by atoms with Gasteiger partial charge in [0.05, 0.1) is 12.4 Å². The van der Waals surface area contributed by atoms with Crippen LogP contribution in [-0.4, -0.2) is 14.9 Å². The van der Waals surface area contributed by atoms with E-state index in [0.29, 0.717) is 0 Å². The van der Waals surface area contributed by atoms with E-state index in [1.165, 1.54) is 4.79 Å². The lowest BCUT2D eigenvalue weighted by molar-refractivity contribution is 0.861. The highest BCUT2D eigenvalue weighted by Crippen LogP contribution is 2.07. The second-order valence-corrected chi connectivity index (χ2v) is 2.02. The summed E-state index contributed by atoms with van der Waals surface area (Å²) in [6, 6.07) is 1.87. The molecule has 0 amide bonds. The zero-order chi connectivity index (χ0) is 6.97. The molecule has 10 heavy (non-hydrogen) atoms. The molecule has 0 aliphatic heterocycles. The molecular formula is C6H6N4. The second-order valence-electron chi connectivity index (χ2n) is 2.02. The van der Waals surface area contributed by atoms with Gasteiger partial charge in [-0.1, -0.05) is 0 Å². The molecule has 2 aromatic rings. The Hall–Kier alpha value is -1.58. The van der Waals surface area contributed by atoms with Crippen molar-refractivity contribution in [1.82, 2.24) is 14.9 Å². The fourth-order valence-corrected chi connectivity index (χ4v) is 0.884. The van der Waals surface area contributed by atoms with Crippen molar-refractivity contribution < 1.29 is 0 Å². The Labute approximate surface area is 57.2 Å². The lowest BCUT2D eigenvalue weighted by Gasteiger charge is -1.89. The summed E-state index contributed by atoms with van der Waals surface area (Å²) < 4.78 is 0. The van der Waals surface area contributed by atoms with Crippen molar-refractivity contribution in [3.63, 3.8) is 0 Å². The number of aromatic nitrogens is 3. The van der Waals surface area contributed by atoms with Crippen LogP contribution in [0.25, 0.3) is 10.9 Å². The van der Waals surface area contributed by atoms with Gasteiger partial charge in [-0.05, 0) is 6.07 Å². The molecule has 0 atom stereocenters. The number of hydrogen-bond acceptors (Lipinski definition) is 3. The van der Waals surface area contributed by atoms with E-state index in [-0.39, 0.29) is 0 Å². The van der Waals surface area contributed by atoms with Gasteiger partial charge in [-0.2, -0.15) is 9.89 Å². The molecule has 0 radical (unpaired) electrons. The summed E-state index contributed by atoms with van der Waals surface area (Å²) in [5.74, 6) is 5.44. The van der Waals surface area contributed by atoms with Gasteiger partial charge in [-0.3, -0.25) is 4.98 Å². The van der Waals surface area contributed by atoms with E-state index < -0.39 is 0 Å². The van der Waals surface area contributed by atoms with Gasteiger partial charge >= 0.3 is 0 Å². The van der Waals surface area contributed by atoms with Gasteiger partial charge < -0.3 is 5.84 Å². The Morgan fingerprint density at radius 3 is 3.10 bits per heavy atom. The minimum atomic E-state index is 0.850. The maximum Gasteiger partial charge on any atom is 0.110 e. The standard InChI is InChI=1S/C6H6N4/c7-10-6-4-8-2-1-5(6)3-9-10/h1-4H,7H2. The third kappa shape index (κ3) is 0.556. The topological polar surface area (TPSA) is 56.7 Å². The van der Waals surface area contributed by atoms with Crippen molar-refractivity contribution >= 4 is 10.9 Å². The number of nitrogens with two attached hydrogens (primary N) is 1. The smallest absolute Gasteiger partial charge is 0.110 e. The largest absolute Gasteiger partial charge is 0.323 e. The normalized spacial score (nSPS) is 10.4. The lowest BCUT2D eigenvalue weighted by Crippen LogP contribution is -2.08. The number of hydrogen-bond donors (Lipinski definition) is 1. The van der Waals surface area contributed by atoms with E-state index >= 15 is 0 Å². The van der Waals surface area contributed by atoms with Crippen molar-refractivity contribution in [3.8, 4) is 0 Å². The Balaban J connectivity index is 2.93. The number of fused-ring (bicyclic) bond motifs is 1. The highest BCUT2D eigenvalue weighted by molar-refractivity contribution is 5.77. The van der Waals surface area contributed by atoms with Crippen molar-refractivity contribution in [1.29, 1.82) is 0 Å². The number of nitrogen functional groups attached to an aromatic ring is 1. The summed E-state index contributed by atoms with van der Waals surface area (Å²) in [6.45, 7) is 0. The molecule has 2 rings (SSSR count). The summed E-state index contributed by atoms with van der Waals surface area (Å²) in [6.07, 6.45) is 5.10. The van der Waals surface area contributed by atoms with Crippen LogP contribution < -0.4 is 5.84 Å². The Kier molecular flexibility index (Phi) is 0.887. The minimum Gasteiger partial charge on any atom is -0.323 e. The first-order valence-corrected chi connectivity index (χ1v) is 2.91. The van der Waals surface area contributed by atoms with E-state index in [1.54, 1.807) is 18.6 Å². The van der Waals surface area contributed by atoms with Crippen LogP contribution in [0.2, 0.25) is 0 Å². The van der Waals surface area contributed by atoms with Crippen molar-refractivity contribution in [3.05, 3.63) is 24.7 Å². The van der Waals surface area contributed by atoms with Gasteiger partial charge in [0.1, 0.15) is 5.52 Å². The van der Waals surface area contributed by atoms with Gasteiger partial charge in [0, 0.05) is 11.6 Å². The molecular weight excluding hydrogens is 128 g/mol. The van der Waals surface area contributed by atoms with Crippen molar-refractivity contribution in [2.45, 2.75) is 0 Å². The van der Waals surface area contributed by atoms with Crippen molar-refractivity contribution in [2.24, 2.45) is 0 Å². The monoisotopic (exact) mass is 134 g/mol. The van der Waals surface area contributed by atoms with Crippen LogP contribution in [0.1, 0.15) is 0 Å². The van der Waals surface area contributed by atoms with E-state index in [4.69, 9.17) is 5.84 Å². The highest BCUT2D eigenvalue weighted by Gasteiger charge is 1.95. The number of rotatable bonds is 0. The fourth-order valence-electron chi connectivity index (χ4n) is 0.884. The van der Waals surface area contributed by atoms with Crippen LogP contribution in [0.5, 0.6) is 0 Å². The Bertz CT molecular complexity index is 351. The maximum absolute atomic E-state index is 5.44. The van der Waals surface area contributed by atoms with Crippen LogP contribution >= 0.6 is 0 Å². The van der Waals surface area contributed by atoms with Gasteiger partial charge in [0.25, 0.3) is 0 Å². The predicted octanol–water partition coefficient (Wildman–Crippen LogP) is 0.145. The molecule has 2 aromatic heterocycles. The van der Waals surface area contributed by atoms with Crippen LogP contribution in [0.15, 0.2) is 24.7 Å². The maximum atomic E-state index is 5.44. The summed E-state index contributed by atoms with van der Waals surface area (Å²) in [4.78, 5) is 5.21. The average Bonchev–Trinajstić information content (AvgIpc) is 2.34. The fraction of sp³-hybridized carbons (Fsp3) is 0. The van der Waals surface area contributed by atoms with E-state index in [9.17, 15) is 0 Å². The van der Waals surface area contributed by atoms with E-state index in [1.807, 2.05) is 6.07 Å². The van der Waals surface area contributed by atoms with Gasteiger partial charge in [0.2, 0.25) is 0 Å². The van der Waals surface area contributed by atoms with Crippen LogP contribution in [0.3, 0.4) is 0 Å². The van der Waals surface area contributed by atoms with Crippen LogP contribution in [0, 0.1) is 0 Å². The molecule has 0 fully saturated rings. The quantitative estimate of drug-likeness (QED) is 0.521. The first-order valence-electron chi connectivity index (χ1n) is 2.91. The number of pyridine rings is 1. The molecule has 0 saturated carbocycles. The first kappa shape index (κ1) is 5.22. The minimum absolute atomic E-state index is 0.850. The average molecular weight is 134 g/mol. The third-order valence-electron chi connectivity index (χ3n) is 1.40. The number of nitrogens with zero attached hydrogens (tertiary/aromatic N) is 3. The molecule has 4 heteroatoms. The predicted molar refractivity (Wildman–Crippen MR) is 37.7 cm³/mol. The first-order chi connectivity index (χ1) is 4.88. The molecule has 0 aromatic carbocycles. The van der Waals surface area contributed by atoms with Gasteiger partial charge in [-0.25, -0.2) is 0 Å². The zero-order valence-electron chi connectivity index (χ0n) is 5.23. The molecule has 0 unspecified atom stereocenters. The van der Waals surface area contributed by atoms with Crippen molar-refractivity contribution in [2.75, 3.05) is 5.84 Å². The SMILES string of the molecule is Nn1ncc2ccncc21. The van der Waals surface area contributed by atoms with Crippen LogP contribution in [0.4, 0.5) is 0 Å². The summed E-state index contributed by atoms with van der Waals surface area (Å²) in [5.41, 5.74) is 0.850. The molecule has 0 bridgehead atoms.